The van der Waals surface area contributed by atoms with Gasteiger partial charge in [-0.2, -0.15) is 0 Å². The molecule has 1 unspecified atom stereocenters. The predicted octanol–water partition coefficient (Wildman–Crippen LogP) is 3.19. The van der Waals surface area contributed by atoms with Gasteiger partial charge in [0.15, 0.2) is 11.6 Å². The van der Waals surface area contributed by atoms with E-state index in [0.717, 1.165) is 6.42 Å². The number of ether oxygens (including phenoxy) is 1. The van der Waals surface area contributed by atoms with Crippen LogP contribution in [-0.2, 0) is 6.42 Å². The molecule has 1 aromatic carbocycles. The number of halogens is 3. The molecule has 16 heavy (non-hydrogen) atoms. The number of benzene rings is 1. The Kier molecular flexibility index (Phi) is 6.72. The third-order valence-electron chi connectivity index (χ3n) is 2.36. The molecule has 0 fully saturated rings. The molecule has 0 saturated carbocycles. The topological polar surface area (TPSA) is 35.2 Å². The molecular formula is C11H16Cl2FNO. The standard InChI is InChI=1S/C11H15ClFNO.ClH/c1-3-7(14)6-8-9(12)4-5-10(15-2)11(8)13;/h4-5,7H,3,6,14H2,1-2H3;1H. The maximum Gasteiger partial charge on any atom is 0.169 e. The molecule has 1 aromatic rings. The van der Waals surface area contributed by atoms with Crippen molar-refractivity contribution in [3.8, 4) is 5.75 Å². The Balaban J connectivity index is 0.00000225. The maximum absolute atomic E-state index is 13.8. The zero-order valence-electron chi connectivity index (χ0n) is 9.30. The summed E-state index contributed by atoms with van der Waals surface area (Å²) in [5.41, 5.74) is 6.20. The molecule has 0 aliphatic rings. The first-order chi connectivity index (χ1) is 7.10. The van der Waals surface area contributed by atoms with E-state index in [1.807, 2.05) is 6.92 Å². The van der Waals surface area contributed by atoms with E-state index in [4.69, 9.17) is 22.1 Å². The van der Waals surface area contributed by atoms with Crippen LogP contribution in [0.5, 0.6) is 5.75 Å². The van der Waals surface area contributed by atoms with Gasteiger partial charge >= 0.3 is 0 Å². The van der Waals surface area contributed by atoms with Crippen LogP contribution in [0.15, 0.2) is 12.1 Å². The van der Waals surface area contributed by atoms with Crippen molar-refractivity contribution in [2.45, 2.75) is 25.8 Å². The van der Waals surface area contributed by atoms with Gasteiger partial charge in [0, 0.05) is 16.6 Å². The van der Waals surface area contributed by atoms with Crippen LogP contribution in [0.4, 0.5) is 4.39 Å². The highest BCUT2D eigenvalue weighted by Gasteiger charge is 2.14. The van der Waals surface area contributed by atoms with E-state index in [-0.39, 0.29) is 24.2 Å². The Morgan fingerprint density at radius 2 is 2.12 bits per heavy atom. The number of rotatable bonds is 4. The summed E-state index contributed by atoms with van der Waals surface area (Å²) in [5.74, 6) is -0.202. The molecule has 0 aliphatic carbocycles. The fraction of sp³-hybridized carbons (Fsp3) is 0.455. The summed E-state index contributed by atoms with van der Waals surface area (Å²) in [6.45, 7) is 1.96. The molecule has 0 amide bonds. The summed E-state index contributed by atoms with van der Waals surface area (Å²) in [7, 11) is 1.43. The highest BCUT2D eigenvalue weighted by molar-refractivity contribution is 6.31. The van der Waals surface area contributed by atoms with Crippen molar-refractivity contribution in [1.29, 1.82) is 0 Å². The fourth-order valence-electron chi connectivity index (χ4n) is 1.33. The second-order valence-corrected chi connectivity index (χ2v) is 3.82. The lowest BCUT2D eigenvalue weighted by molar-refractivity contribution is 0.383. The van der Waals surface area contributed by atoms with Gasteiger partial charge in [-0.1, -0.05) is 18.5 Å². The zero-order valence-corrected chi connectivity index (χ0v) is 10.9. The smallest absolute Gasteiger partial charge is 0.169 e. The lowest BCUT2D eigenvalue weighted by Crippen LogP contribution is -2.22. The van der Waals surface area contributed by atoms with Crippen molar-refractivity contribution in [3.05, 3.63) is 28.5 Å². The van der Waals surface area contributed by atoms with Gasteiger partial charge in [0.25, 0.3) is 0 Å². The van der Waals surface area contributed by atoms with E-state index in [1.54, 1.807) is 6.07 Å². The van der Waals surface area contributed by atoms with E-state index in [0.29, 0.717) is 17.0 Å². The van der Waals surface area contributed by atoms with E-state index in [1.165, 1.54) is 13.2 Å². The van der Waals surface area contributed by atoms with Crippen molar-refractivity contribution in [1.82, 2.24) is 0 Å². The average Bonchev–Trinajstić information content (AvgIpc) is 2.24. The molecule has 0 bridgehead atoms. The molecule has 0 radical (unpaired) electrons. The summed E-state index contributed by atoms with van der Waals surface area (Å²) in [4.78, 5) is 0. The van der Waals surface area contributed by atoms with E-state index in [2.05, 4.69) is 0 Å². The Bertz CT molecular complexity index is 347. The van der Waals surface area contributed by atoms with Crippen LogP contribution in [-0.4, -0.2) is 13.2 Å². The summed E-state index contributed by atoms with van der Waals surface area (Å²) >= 11 is 5.91. The molecule has 92 valence electrons. The highest BCUT2D eigenvalue weighted by atomic mass is 35.5. The first kappa shape index (κ1) is 15.5. The molecule has 1 atom stereocenters. The third-order valence-corrected chi connectivity index (χ3v) is 2.72. The van der Waals surface area contributed by atoms with Gasteiger partial charge in [0.05, 0.1) is 7.11 Å². The minimum atomic E-state index is -0.408. The van der Waals surface area contributed by atoms with Crippen molar-refractivity contribution in [3.63, 3.8) is 0 Å². The number of methoxy groups -OCH3 is 1. The first-order valence-electron chi connectivity index (χ1n) is 4.86. The monoisotopic (exact) mass is 267 g/mol. The van der Waals surface area contributed by atoms with Gasteiger partial charge in [-0.15, -0.1) is 12.4 Å². The summed E-state index contributed by atoms with van der Waals surface area (Å²) in [5, 5.41) is 0.400. The van der Waals surface area contributed by atoms with Gasteiger partial charge < -0.3 is 10.5 Å². The minimum Gasteiger partial charge on any atom is -0.494 e. The largest absolute Gasteiger partial charge is 0.494 e. The number of hydrogen-bond acceptors (Lipinski definition) is 2. The Labute approximate surface area is 106 Å². The van der Waals surface area contributed by atoms with Crippen molar-refractivity contribution < 1.29 is 9.13 Å². The highest BCUT2D eigenvalue weighted by Crippen LogP contribution is 2.28. The average molecular weight is 268 g/mol. The lowest BCUT2D eigenvalue weighted by atomic mass is 10.0. The zero-order chi connectivity index (χ0) is 11.4. The second-order valence-electron chi connectivity index (χ2n) is 3.41. The van der Waals surface area contributed by atoms with Crippen LogP contribution in [0, 0.1) is 5.82 Å². The SMILES string of the molecule is CCC(N)Cc1c(Cl)ccc(OC)c1F.Cl. The van der Waals surface area contributed by atoms with Gasteiger partial charge in [0.2, 0.25) is 0 Å². The van der Waals surface area contributed by atoms with Crippen molar-refractivity contribution in [2.75, 3.05) is 7.11 Å². The van der Waals surface area contributed by atoms with Gasteiger partial charge in [-0.05, 0) is 25.0 Å². The van der Waals surface area contributed by atoms with Gasteiger partial charge in [-0.25, -0.2) is 4.39 Å². The quantitative estimate of drug-likeness (QED) is 0.910. The minimum absolute atomic E-state index is 0. The van der Waals surface area contributed by atoms with Crippen LogP contribution in [0.2, 0.25) is 5.02 Å². The molecule has 5 heteroatoms. The van der Waals surface area contributed by atoms with Crippen LogP contribution in [0.1, 0.15) is 18.9 Å². The van der Waals surface area contributed by atoms with Gasteiger partial charge in [0.1, 0.15) is 0 Å². The maximum atomic E-state index is 13.8. The fourth-order valence-corrected chi connectivity index (χ4v) is 1.55. The van der Waals surface area contributed by atoms with Crippen LogP contribution >= 0.6 is 24.0 Å². The Hall–Kier alpha value is -0.510. The van der Waals surface area contributed by atoms with Crippen LogP contribution in [0.25, 0.3) is 0 Å². The van der Waals surface area contributed by atoms with E-state index >= 15 is 0 Å². The molecule has 2 nitrogen and oxygen atoms in total. The van der Waals surface area contributed by atoms with Crippen molar-refractivity contribution >= 4 is 24.0 Å². The summed E-state index contributed by atoms with van der Waals surface area (Å²) < 4.78 is 18.6. The van der Waals surface area contributed by atoms with E-state index in [9.17, 15) is 4.39 Å². The molecule has 1 rings (SSSR count). The molecule has 0 spiro atoms. The lowest BCUT2D eigenvalue weighted by Gasteiger charge is -2.13. The predicted molar refractivity (Wildman–Crippen MR) is 67.2 cm³/mol. The number of nitrogens with two attached hydrogens (primary N) is 1. The van der Waals surface area contributed by atoms with Crippen molar-refractivity contribution in [2.24, 2.45) is 5.73 Å². The Morgan fingerprint density at radius 1 is 1.50 bits per heavy atom. The molecule has 0 aromatic heterocycles. The third kappa shape index (κ3) is 3.51. The second kappa shape index (κ2) is 6.94. The molecular weight excluding hydrogens is 252 g/mol. The molecule has 0 heterocycles. The summed E-state index contributed by atoms with van der Waals surface area (Å²) in [6.07, 6.45) is 1.21. The Morgan fingerprint density at radius 3 is 2.62 bits per heavy atom. The molecule has 0 saturated heterocycles. The van der Waals surface area contributed by atoms with E-state index < -0.39 is 5.82 Å². The van der Waals surface area contributed by atoms with Crippen LogP contribution in [0.3, 0.4) is 0 Å². The van der Waals surface area contributed by atoms with Gasteiger partial charge in [-0.3, -0.25) is 0 Å². The number of hydrogen-bond donors (Lipinski definition) is 1. The normalized spacial score (nSPS) is 11.8. The first-order valence-corrected chi connectivity index (χ1v) is 5.24. The summed E-state index contributed by atoms with van der Waals surface area (Å²) in [6, 6.07) is 3.06. The molecule has 2 N–H and O–H groups in total. The molecule has 0 aliphatic heterocycles. The van der Waals surface area contributed by atoms with Crippen LogP contribution < -0.4 is 10.5 Å².